The first-order chi connectivity index (χ1) is 12.0. The molecule has 0 aliphatic carbocycles. The SMILES string of the molecule is CN=C(NCCCCN(C)C(C)C)NCCCSc1ccc(F)cc1.I. The lowest BCUT2D eigenvalue weighted by molar-refractivity contribution is 0.268. The van der Waals surface area contributed by atoms with E-state index >= 15 is 0 Å². The molecule has 0 atom stereocenters. The van der Waals surface area contributed by atoms with Crippen LogP contribution >= 0.6 is 35.7 Å². The molecule has 1 aromatic carbocycles. The number of benzene rings is 1. The monoisotopic (exact) mass is 496 g/mol. The maximum absolute atomic E-state index is 12.8. The third-order valence-electron chi connectivity index (χ3n) is 4.03. The van der Waals surface area contributed by atoms with Gasteiger partial charge in [0.25, 0.3) is 0 Å². The molecule has 0 radical (unpaired) electrons. The van der Waals surface area contributed by atoms with Crippen molar-refractivity contribution in [2.24, 2.45) is 4.99 Å². The Bertz CT molecular complexity index is 497. The van der Waals surface area contributed by atoms with Gasteiger partial charge in [0.1, 0.15) is 5.82 Å². The van der Waals surface area contributed by atoms with E-state index in [1.54, 1.807) is 18.8 Å². The Labute approximate surface area is 179 Å². The zero-order valence-corrected chi connectivity index (χ0v) is 19.6. The third-order valence-corrected chi connectivity index (χ3v) is 5.13. The molecule has 7 heteroatoms. The highest BCUT2D eigenvalue weighted by Gasteiger charge is 2.02. The highest BCUT2D eigenvalue weighted by Crippen LogP contribution is 2.18. The topological polar surface area (TPSA) is 39.7 Å². The van der Waals surface area contributed by atoms with Crippen molar-refractivity contribution in [1.29, 1.82) is 0 Å². The van der Waals surface area contributed by atoms with Gasteiger partial charge in [-0.05, 0) is 76.7 Å². The van der Waals surface area contributed by atoms with Crippen LogP contribution in [0, 0.1) is 5.82 Å². The van der Waals surface area contributed by atoms with Gasteiger partial charge in [-0.15, -0.1) is 35.7 Å². The molecule has 1 rings (SSSR count). The smallest absolute Gasteiger partial charge is 0.190 e. The second-order valence-electron chi connectivity index (χ2n) is 6.36. The third kappa shape index (κ3) is 12.0. The zero-order chi connectivity index (χ0) is 18.5. The predicted octanol–water partition coefficient (Wildman–Crippen LogP) is 4.21. The summed E-state index contributed by atoms with van der Waals surface area (Å²) in [6.07, 6.45) is 3.35. The number of nitrogens with one attached hydrogen (secondary N) is 2. The molecule has 26 heavy (non-hydrogen) atoms. The number of rotatable bonds is 11. The molecule has 0 heterocycles. The molecule has 4 nitrogen and oxygen atoms in total. The van der Waals surface area contributed by atoms with Crippen molar-refractivity contribution in [3.05, 3.63) is 30.1 Å². The second-order valence-corrected chi connectivity index (χ2v) is 7.53. The fourth-order valence-corrected chi connectivity index (χ4v) is 3.02. The molecule has 0 amide bonds. The summed E-state index contributed by atoms with van der Waals surface area (Å²) in [5.74, 6) is 1.68. The van der Waals surface area contributed by atoms with Gasteiger partial charge in [-0.3, -0.25) is 4.99 Å². The summed E-state index contributed by atoms with van der Waals surface area (Å²) in [4.78, 5) is 7.72. The minimum absolute atomic E-state index is 0. The van der Waals surface area contributed by atoms with E-state index in [0.29, 0.717) is 6.04 Å². The van der Waals surface area contributed by atoms with E-state index in [2.05, 4.69) is 41.4 Å². The Hall–Kier alpha value is -0.540. The van der Waals surface area contributed by atoms with Crippen LogP contribution in [-0.2, 0) is 0 Å². The van der Waals surface area contributed by atoms with Crippen LogP contribution < -0.4 is 10.6 Å². The van der Waals surface area contributed by atoms with Crippen LogP contribution in [0.25, 0.3) is 0 Å². The molecule has 0 spiro atoms. The normalized spacial score (nSPS) is 11.6. The van der Waals surface area contributed by atoms with Gasteiger partial charge >= 0.3 is 0 Å². The lowest BCUT2D eigenvalue weighted by atomic mass is 10.2. The van der Waals surface area contributed by atoms with Crippen LogP contribution in [0.1, 0.15) is 33.1 Å². The molecule has 1 aromatic rings. The molecule has 0 aromatic heterocycles. The number of guanidine groups is 1. The molecule has 150 valence electrons. The molecule has 0 fully saturated rings. The summed E-state index contributed by atoms with van der Waals surface area (Å²) >= 11 is 1.75. The Morgan fingerprint density at radius 2 is 1.73 bits per heavy atom. The molecular formula is C19H34FIN4S. The fraction of sp³-hybridized carbons (Fsp3) is 0.632. The van der Waals surface area contributed by atoms with Gasteiger partial charge in [-0.25, -0.2) is 4.39 Å². The van der Waals surface area contributed by atoms with Crippen LogP contribution in [0.5, 0.6) is 0 Å². The maximum Gasteiger partial charge on any atom is 0.190 e. The first kappa shape index (κ1) is 25.5. The Kier molecular flexibility index (Phi) is 15.2. The van der Waals surface area contributed by atoms with E-state index in [4.69, 9.17) is 0 Å². The summed E-state index contributed by atoms with van der Waals surface area (Å²) in [6, 6.07) is 7.27. The Morgan fingerprint density at radius 1 is 1.12 bits per heavy atom. The van der Waals surface area contributed by atoms with Crippen LogP contribution in [0.15, 0.2) is 34.2 Å². The largest absolute Gasteiger partial charge is 0.356 e. The van der Waals surface area contributed by atoms with Crippen LogP contribution in [0.2, 0.25) is 0 Å². The van der Waals surface area contributed by atoms with Crippen molar-refractivity contribution < 1.29 is 4.39 Å². The van der Waals surface area contributed by atoms with Gasteiger partial charge in [0, 0.05) is 31.1 Å². The van der Waals surface area contributed by atoms with Gasteiger partial charge in [-0.2, -0.15) is 0 Å². The molecule has 0 saturated carbocycles. The zero-order valence-electron chi connectivity index (χ0n) is 16.4. The molecular weight excluding hydrogens is 462 g/mol. The fourth-order valence-electron chi connectivity index (χ4n) is 2.17. The van der Waals surface area contributed by atoms with Crippen molar-refractivity contribution in [1.82, 2.24) is 15.5 Å². The van der Waals surface area contributed by atoms with E-state index in [-0.39, 0.29) is 29.8 Å². The van der Waals surface area contributed by atoms with Crippen molar-refractivity contribution in [2.75, 3.05) is 39.5 Å². The lowest BCUT2D eigenvalue weighted by Crippen LogP contribution is -2.38. The van der Waals surface area contributed by atoms with Crippen LogP contribution in [0.3, 0.4) is 0 Å². The van der Waals surface area contributed by atoms with Crippen molar-refractivity contribution in [2.45, 2.75) is 44.0 Å². The number of unbranched alkanes of at least 4 members (excludes halogenated alkanes) is 1. The molecule has 2 N–H and O–H groups in total. The van der Waals surface area contributed by atoms with Gasteiger partial charge in [0.15, 0.2) is 5.96 Å². The summed E-state index contributed by atoms with van der Waals surface area (Å²) in [6.45, 7) is 7.39. The predicted molar refractivity (Wildman–Crippen MR) is 124 cm³/mol. The molecule has 0 saturated heterocycles. The van der Waals surface area contributed by atoms with E-state index in [1.165, 1.54) is 18.6 Å². The van der Waals surface area contributed by atoms with Gasteiger partial charge in [0.2, 0.25) is 0 Å². The highest BCUT2D eigenvalue weighted by atomic mass is 127. The highest BCUT2D eigenvalue weighted by molar-refractivity contribution is 14.0. The standard InChI is InChI=1S/C19H33FN4S.HI/c1-16(2)24(4)14-6-5-12-22-19(21-3)23-13-7-15-25-18-10-8-17(20)9-11-18;/h8-11,16H,5-7,12-15H2,1-4H3,(H2,21,22,23);1H. The summed E-state index contributed by atoms with van der Waals surface area (Å²) < 4.78 is 12.8. The average Bonchev–Trinajstić information content (AvgIpc) is 2.60. The van der Waals surface area contributed by atoms with Gasteiger partial charge in [0.05, 0.1) is 0 Å². The van der Waals surface area contributed by atoms with E-state index in [1.807, 2.05) is 12.1 Å². The quantitative estimate of drug-likeness (QED) is 0.158. The number of halogens is 2. The van der Waals surface area contributed by atoms with Gasteiger partial charge < -0.3 is 15.5 Å². The lowest BCUT2D eigenvalue weighted by Gasteiger charge is -2.20. The van der Waals surface area contributed by atoms with E-state index in [9.17, 15) is 4.39 Å². The Balaban J connectivity index is 0.00000625. The number of hydrogen-bond donors (Lipinski definition) is 2. The molecule has 0 aliphatic rings. The minimum Gasteiger partial charge on any atom is -0.356 e. The van der Waals surface area contributed by atoms with Crippen LogP contribution in [-0.4, -0.2) is 56.4 Å². The van der Waals surface area contributed by atoms with Crippen molar-refractivity contribution in [3.8, 4) is 0 Å². The molecule has 0 unspecified atom stereocenters. The summed E-state index contributed by atoms with van der Waals surface area (Å²) in [5, 5.41) is 6.70. The molecule has 0 bridgehead atoms. The second kappa shape index (κ2) is 15.5. The summed E-state index contributed by atoms with van der Waals surface area (Å²) in [5.41, 5.74) is 0. The van der Waals surface area contributed by atoms with Crippen molar-refractivity contribution >= 4 is 41.7 Å². The number of hydrogen-bond acceptors (Lipinski definition) is 3. The minimum atomic E-state index is -0.184. The van der Waals surface area contributed by atoms with Gasteiger partial charge in [-0.1, -0.05) is 0 Å². The summed E-state index contributed by atoms with van der Waals surface area (Å²) in [7, 11) is 3.97. The van der Waals surface area contributed by atoms with E-state index in [0.717, 1.165) is 49.1 Å². The first-order valence-electron chi connectivity index (χ1n) is 9.06. The van der Waals surface area contributed by atoms with Crippen LogP contribution in [0.4, 0.5) is 4.39 Å². The number of nitrogens with zero attached hydrogens (tertiary/aromatic N) is 2. The average molecular weight is 496 g/mol. The van der Waals surface area contributed by atoms with E-state index < -0.39 is 0 Å². The number of thioether (sulfide) groups is 1. The Morgan fingerprint density at radius 3 is 2.31 bits per heavy atom. The first-order valence-corrected chi connectivity index (χ1v) is 10.0. The maximum atomic E-state index is 12.8. The molecule has 0 aliphatic heterocycles. The number of aliphatic imine (C=N–C) groups is 1. The van der Waals surface area contributed by atoms with Crippen molar-refractivity contribution in [3.63, 3.8) is 0 Å².